The smallest absolute Gasteiger partial charge is 0.257 e. The Hall–Kier alpha value is -3.17. The second-order valence-electron chi connectivity index (χ2n) is 6.02. The minimum absolute atomic E-state index is 0.147. The fraction of sp³-hybridized carbons (Fsp3) is 0.250. The number of carbonyl (C=O) groups is 1. The van der Waals surface area contributed by atoms with Gasteiger partial charge in [0.05, 0.1) is 17.9 Å². The zero-order valence-corrected chi connectivity index (χ0v) is 13.4. The Labute approximate surface area is 145 Å². The average Bonchev–Trinajstić information content (AvgIpc) is 3.25. The molecule has 1 amide bonds. The Bertz CT molecular complexity index is 1020. The number of nitrogens with two attached hydrogens (primary N) is 1. The van der Waals surface area contributed by atoms with Crippen molar-refractivity contribution in [3.63, 3.8) is 0 Å². The topological polar surface area (TPSA) is 89.9 Å². The minimum atomic E-state index is -1.33. The molecule has 0 aliphatic carbocycles. The van der Waals surface area contributed by atoms with Gasteiger partial charge in [0.25, 0.3) is 5.91 Å². The lowest BCUT2D eigenvalue weighted by Crippen LogP contribution is -2.30. The number of benzene rings is 1. The van der Waals surface area contributed by atoms with Crippen LogP contribution in [0.1, 0.15) is 22.8 Å². The van der Waals surface area contributed by atoms with E-state index in [0.29, 0.717) is 36.3 Å². The first kappa shape index (κ1) is 16.3. The van der Waals surface area contributed by atoms with Crippen LogP contribution >= 0.6 is 0 Å². The molecule has 1 fully saturated rings. The Morgan fingerprint density at radius 3 is 2.69 bits per heavy atom. The van der Waals surface area contributed by atoms with Gasteiger partial charge in [0.15, 0.2) is 23.1 Å². The number of hydrogen-bond donors (Lipinski definition) is 1. The first-order valence-electron chi connectivity index (χ1n) is 7.82. The van der Waals surface area contributed by atoms with Gasteiger partial charge < -0.3 is 15.2 Å². The Morgan fingerprint density at radius 2 is 1.88 bits per heavy atom. The van der Waals surface area contributed by atoms with Crippen LogP contribution in [0.2, 0.25) is 0 Å². The van der Waals surface area contributed by atoms with Crippen molar-refractivity contribution in [2.75, 3.05) is 18.8 Å². The van der Waals surface area contributed by atoms with Crippen LogP contribution in [0.5, 0.6) is 0 Å². The summed E-state index contributed by atoms with van der Waals surface area (Å²) in [6.07, 6.45) is 3.46. The lowest BCUT2D eigenvalue weighted by molar-refractivity contribution is 0.0782. The van der Waals surface area contributed by atoms with Crippen molar-refractivity contribution in [1.82, 2.24) is 24.4 Å². The molecule has 134 valence electrons. The molecule has 3 heterocycles. The predicted octanol–water partition coefficient (Wildman–Crippen LogP) is 1.91. The standard InChI is InChI=1S/C16H13F3N6O/c17-10-4-12(19)11(18)3-9(10)16(26)24-2-1-8(5-24)25-7-23-13-14(20)21-6-22-15(13)25/h3-4,6-8H,1-2,5H2,(H2,20,21,22). The van der Waals surface area contributed by atoms with E-state index in [1.54, 1.807) is 10.9 Å². The molecule has 1 atom stereocenters. The zero-order valence-electron chi connectivity index (χ0n) is 13.4. The van der Waals surface area contributed by atoms with Crippen LogP contribution in [0.3, 0.4) is 0 Å². The number of anilines is 1. The van der Waals surface area contributed by atoms with Crippen molar-refractivity contribution in [2.24, 2.45) is 0 Å². The van der Waals surface area contributed by atoms with Crippen molar-refractivity contribution in [3.8, 4) is 0 Å². The minimum Gasteiger partial charge on any atom is -0.382 e. The number of aromatic nitrogens is 4. The van der Waals surface area contributed by atoms with Crippen LogP contribution in [0, 0.1) is 17.5 Å². The van der Waals surface area contributed by atoms with Crippen molar-refractivity contribution in [3.05, 3.63) is 47.8 Å². The van der Waals surface area contributed by atoms with Gasteiger partial charge in [0.2, 0.25) is 0 Å². The number of nitrogen functional groups attached to an aromatic ring is 1. The molecular formula is C16H13F3N6O. The summed E-state index contributed by atoms with van der Waals surface area (Å²) >= 11 is 0. The van der Waals surface area contributed by atoms with Gasteiger partial charge in [0, 0.05) is 19.2 Å². The lowest BCUT2D eigenvalue weighted by atomic mass is 10.1. The number of carbonyl (C=O) groups excluding carboxylic acids is 1. The van der Waals surface area contributed by atoms with Crippen molar-refractivity contribution in [1.29, 1.82) is 0 Å². The molecule has 0 spiro atoms. The third-order valence-corrected chi connectivity index (χ3v) is 4.47. The normalized spacial score (nSPS) is 17.2. The highest BCUT2D eigenvalue weighted by atomic mass is 19.2. The maximum absolute atomic E-state index is 13.9. The molecule has 2 N–H and O–H groups in total. The second-order valence-corrected chi connectivity index (χ2v) is 6.02. The third-order valence-electron chi connectivity index (χ3n) is 4.47. The van der Waals surface area contributed by atoms with E-state index in [0.717, 1.165) is 0 Å². The van der Waals surface area contributed by atoms with Gasteiger partial charge >= 0.3 is 0 Å². The fourth-order valence-electron chi connectivity index (χ4n) is 3.15. The van der Waals surface area contributed by atoms with Crippen molar-refractivity contribution in [2.45, 2.75) is 12.5 Å². The van der Waals surface area contributed by atoms with Crippen molar-refractivity contribution < 1.29 is 18.0 Å². The van der Waals surface area contributed by atoms with E-state index in [4.69, 9.17) is 5.73 Å². The lowest BCUT2D eigenvalue weighted by Gasteiger charge is -2.18. The van der Waals surface area contributed by atoms with E-state index in [9.17, 15) is 18.0 Å². The highest BCUT2D eigenvalue weighted by Gasteiger charge is 2.31. The van der Waals surface area contributed by atoms with Crippen LogP contribution in [-0.2, 0) is 0 Å². The maximum Gasteiger partial charge on any atom is 0.257 e. The molecule has 4 rings (SSSR count). The first-order chi connectivity index (χ1) is 12.5. The van der Waals surface area contributed by atoms with E-state index in [-0.39, 0.29) is 18.4 Å². The summed E-state index contributed by atoms with van der Waals surface area (Å²) < 4.78 is 42.1. The number of fused-ring (bicyclic) bond motifs is 1. The summed E-state index contributed by atoms with van der Waals surface area (Å²) in [5.41, 5.74) is 6.27. The monoisotopic (exact) mass is 362 g/mol. The summed E-state index contributed by atoms with van der Waals surface area (Å²) in [5, 5.41) is 0. The van der Waals surface area contributed by atoms with Gasteiger partial charge in [-0.1, -0.05) is 0 Å². The highest BCUT2D eigenvalue weighted by Crippen LogP contribution is 2.27. The molecule has 1 aliphatic rings. The molecule has 26 heavy (non-hydrogen) atoms. The molecule has 0 radical (unpaired) electrons. The number of halogens is 3. The van der Waals surface area contributed by atoms with E-state index >= 15 is 0 Å². The molecular weight excluding hydrogens is 349 g/mol. The molecule has 1 aromatic carbocycles. The van der Waals surface area contributed by atoms with Gasteiger partial charge in [-0.25, -0.2) is 28.1 Å². The summed E-state index contributed by atoms with van der Waals surface area (Å²) in [6, 6.07) is 0.812. The summed E-state index contributed by atoms with van der Waals surface area (Å²) in [6.45, 7) is 0.592. The quantitative estimate of drug-likeness (QED) is 0.704. The SMILES string of the molecule is Nc1ncnc2c1ncn2C1CCN(C(=O)c2cc(F)c(F)cc2F)C1. The molecule has 1 aliphatic heterocycles. The van der Waals surface area contributed by atoms with Crippen molar-refractivity contribution >= 4 is 22.9 Å². The maximum atomic E-state index is 13.9. The Morgan fingerprint density at radius 1 is 1.12 bits per heavy atom. The molecule has 10 heteroatoms. The largest absolute Gasteiger partial charge is 0.382 e. The molecule has 1 unspecified atom stereocenters. The molecule has 1 saturated heterocycles. The second kappa shape index (κ2) is 5.97. The average molecular weight is 362 g/mol. The predicted molar refractivity (Wildman–Crippen MR) is 85.6 cm³/mol. The number of nitrogens with zero attached hydrogens (tertiary/aromatic N) is 5. The van der Waals surface area contributed by atoms with Crippen LogP contribution in [-0.4, -0.2) is 43.4 Å². The van der Waals surface area contributed by atoms with E-state index in [1.165, 1.54) is 11.2 Å². The number of imidazole rings is 1. The van der Waals surface area contributed by atoms with Gasteiger partial charge in [-0.3, -0.25) is 4.79 Å². The number of likely N-dealkylation sites (tertiary alicyclic amines) is 1. The van der Waals surface area contributed by atoms with E-state index in [2.05, 4.69) is 15.0 Å². The highest BCUT2D eigenvalue weighted by molar-refractivity contribution is 5.94. The summed E-state index contributed by atoms with van der Waals surface area (Å²) in [5.74, 6) is -4.13. The first-order valence-corrected chi connectivity index (χ1v) is 7.82. The van der Waals surface area contributed by atoms with Crippen LogP contribution in [0.4, 0.5) is 19.0 Å². The molecule has 0 bridgehead atoms. The molecule has 7 nitrogen and oxygen atoms in total. The van der Waals surface area contributed by atoms with Gasteiger partial charge in [0.1, 0.15) is 17.7 Å². The van der Waals surface area contributed by atoms with Crippen LogP contribution in [0.15, 0.2) is 24.8 Å². The number of hydrogen-bond acceptors (Lipinski definition) is 5. The number of rotatable bonds is 2. The summed E-state index contributed by atoms with van der Waals surface area (Å²) in [4.78, 5) is 26.1. The molecule has 0 saturated carbocycles. The summed E-state index contributed by atoms with van der Waals surface area (Å²) in [7, 11) is 0. The fourth-order valence-corrected chi connectivity index (χ4v) is 3.15. The van der Waals surface area contributed by atoms with Crippen LogP contribution < -0.4 is 5.73 Å². The van der Waals surface area contributed by atoms with E-state index in [1.807, 2.05) is 0 Å². The molecule has 3 aromatic rings. The zero-order chi connectivity index (χ0) is 18.4. The van der Waals surface area contributed by atoms with Gasteiger partial charge in [-0.2, -0.15) is 0 Å². The number of amides is 1. The van der Waals surface area contributed by atoms with Crippen LogP contribution in [0.25, 0.3) is 11.2 Å². The Balaban J connectivity index is 1.59. The third kappa shape index (κ3) is 2.54. The van der Waals surface area contributed by atoms with Gasteiger partial charge in [-0.05, 0) is 12.5 Å². The van der Waals surface area contributed by atoms with E-state index < -0.39 is 28.9 Å². The Kier molecular flexibility index (Phi) is 3.74. The molecule has 2 aromatic heterocycles. The van der Waals surface area contributed by atoms with Gasteiger partial charge in [-0.15, -0.1) is 0 Å².